The SMILES string of the molecule is O=CNCC1CCCC1O. The summed E-state index contributed by atoms with van der Waals surface area (Å²) in [5.41, 5.74) is 0. The number of carbonyl (C=O) groups excluding carboxylic acids is 1. The van der Waals surface area contributed by atoms with Crippen LogP contribution in [-0.2, 0) is 4.79 Å². The van der Waals surface area contributed by atoms with Crippen LogP contribution in [0.15, 0.2) is 0 Å². The third kappa shape index (κ3) is 1.70. The molecule has 1 amide bonds. The number of amides is 1. The minimum atomic E-state index is -0.188. The van der Waals surface area contributed by atoms with Crippen molar-refractivity contribution >= 4 is 6.41 Å². The van der Waals surface area contributed by atoms with Gasteiger partial charge in [0, 0.05) is 12.5 Å². The van der Waals surface area contributed by atoms with Gasteiger partial charge in [-0.3, -0.25) is 4.79 Å². The molecule has 0 spiro atoms. The first-order valence-corrected chi connectivity index (χ1v) is 3.69. The maximum Gasteiger partial charge on any atom is 0.207 e. The number of aliphatic hydroxyl groups excluding tert-OH is 1. The lowest BCUT2D eigenvalue weighted by Gasteiger charge is -2.12. The second kappa shape index (κ2) is 3.56. The summed E-state index contributed by atoms with van der Waals surface area (Å²) in [5.74, 6) is 0.296. The number of hydrogen-bond acceptors (Lipinski definition) is 2. The van der Waals surface area contributed by atoms with Gasteiger partial charge >= 0.3 is 0 Å². The Morgan fingerprint density at radius 3 is 2.90 bits per heavy atom. The zero-order valence-electron chi connectivity index (χ0n) is 5.92. The lowest BCUT2D eigenvalue weighted by molar-refractivity contribution is -0.109. The highest BCUT2D eigenvalue weighted by atomic mass is 16.3. The number of carbonyl (C=O) groups is 1. The van der Waals surface area contributed by atoms with Crippen LogP contribution in [0.1, 0.15) is 19.3 Å². The molecule has 1 saturated carbocycles. The van der Waals surface area contributed by atoms with Gasteiger partial charge in [0.2, 0.25) is 6.41 Å². The van der Waals surface area contributed by atoms with Gasteiger partial charge in [0.05, 0.1) is 6.10 Å². The van der Waals surface area contributed by atoms with Crippen LogP contribution in [0.2, 0.25) is 0 Å². The molecule has 0 bridgehead atoms. The van der Waals surface area contributed by atoms with Crippen molar-refractivity contribution in [3.05, 3.63) is 0 Å². The molecule has 0 aromatic rings. The third-order valence-electron chi connectivity index (χ3n) is 2.08. The summed E-state index contributed by atoms with van der Waals surface area (Å²) in [4.78, 5) is 9.88. The predicted molar refractivity (Wildman–Crippen MR) is 37.4 cm³/mol. The Bertz CT molecular complexity index is 116. The third-order valence-corrected chi connectivity index (χ3v) is 2.08. The average Bonchev–Trinajstić information content (AvgIpc) is 2.31. The van der Waals surface area contributed by atoms with E-state index in [0.29, 0.717) is 18.9 Å². The first-order valence-electron chi connectivity index (χ1n) is 3.69. The summed E-state index contributed by atoms with van der Waals surface area (Å²) in [6.45, 7) is 0.630. The normalized spacial score (nSPS) is 32.1. The maximum absolute atomic E-state index is 9.88. The first kappa shape index (κ1) is 7.54. The molecule has 3 heteroatoms. The molecule has 0 aromatic carbocycles. The van der Waals surface area contributed by atoms with Gasteiger partial charge in [-0.15, -0.1) is 0 Å². The maximum atomic E-state index is 9.88. The highest BCUT2D eigenvalue weighted by Crippen LogP contribution is 2.24. The van der Waals surface area contributed by atoms with Gasteiger partial charge in [0.15, 0.2) is 0 Å². The largest absolute Gasteiger partial charge is 0.393 e. The standard InChI is InChI=1S/C7H13NO2/c9-5-8-4-6-2-1-3-7(6)10/h5-7,10H,1-4H2,(H,8,9). The van der Waals surface area contributed by atoms with Gasteiger partial charge < -0.3 is 10.4 Å². The Balaban J connectivity index is 2.19. The highest BCUT2D eigenvalue weighted by Gasteiger charge is 2.24. The van der Waals surface area contributed by atoms with Crippen LogP contribution in [0.5, 0.6) is 0 Å². The van der Waals surface area contributed by atoms with Crippen molar-refractivity contribution in [1.82, 2.24) is 5.32 Å². The zero-order chi connectivity index (χ0) is 7.40. The summed E-state index contributed by atoms with van der Waals surface area (Å²) >= 11 is 0. The van der Waals surface area contributed by atoms with E-state index in [4.69, 9.17) is 0 Å². The molecule has 0 heterocycles. The van der Waals surface area contributed by atoms with E-state index < -0.39 is 0 Å². The Morgan fingerprint density at radius 2 is 2.40 bits per heavy atom. The molecule has 0 aliphatic heterocycles. The fourth-order valence-corrected chi connectivity index (χ4v) is 1.45. The smallest absolute Gasteiger partial charge is 0.207 e. The van der Waals surface area contributed by atoms with Crippen LogP contribution < -0.4 is 5.32 Å². The van der Waals surface area contributed by atoms with E-state index in [9.17, 15) is 9.90 Å². The van der Waals surface area contributed by atoms with E-state index >= 15 is 0 Å². The highest BCUT2D eigenvalue weighted by molar-refractivity contribution is 5.45. The molecule has 58 valence electrons. The monoisotopic (exact) mass is 143 g/mol. The molecule has 0 aromatic heterocycles. The van der Waals surface area contributed by atoms with Crippen LogP contribution in [0, 0.1) is 5.92 Å². The number of aliphatic hydroxyl groups is 1. The lowest BCUT2D eigenvalue weighted by Crippen LogP contribution is -2.26. The quantitative estimate of drug-likeness (QED) is 0.542. The van der Waals surface area contributed by atoms with Crippen molar-refractivity contribution in [2.24, 2.45) is 5.92 Å². The Hall–Kier alpha value is -0.570. The van der Waals surface area contributed by atoms with Crippen molar-refractivity contribution < 1.29 is 9.90 Å². The van der Waals surface area contributed by atoms with Gasteiger partial charge in [-0.2, -0.15) is 0 Å². The van der Waals surface area contributed by atoms with E-state index in [1.807, 2.05) is 0 Å². The van der Waals surface area contributed by atoms with Crippen LogP contribution in [0.25, 0.3) is 0 Å². The summed E-state index contributed by atoms with van der Waals surface area (Å²) < 4.78 is 0. The van der Waals surface area contributed by atoms with Crippen molar-refractivity contribution in [2.45, 2.75) is 25.4 Å². The Labute approximate surface area is 60.4 Å². The average molecular weight is 143 g/mol. The fraction of sp³-hybridized carbons (Fsp3) is 0.857. The van der Waals surface area contributed by atoms with Crippen LogP contribution in [0.4, 0.5) is 0 Å². The predicted octanol–water partition coefficient (Wildman–Crippen LogP) is -0.107. The van der Waals surface area contributed by atoms with Crippen LogP contribution >= 0.6 is 0 Å². The molecule has 0 saturated heterocycles. The van der Waals surface area contributed by atoms with Gasteiger partial charge in [0.1, 0.15) is 0 Å². The molecule has 10 heavy (non-hydrogen) atoms. The number of hydrogen-bond donors (Lipinski definition) is 2. The molecule has 3 nitrogen and oxygen atoms in total. The van der Waals surface area contributed by atoms with Crippen molar-refractivity contribution in [2.75, 3.05) is 6.54 Å². The molecule has 2 unspecified atom stereocenters. The molecular weight excluding hydrogens is 130 g/mol. The van der Waals surface area contributed by atoms with Gasteiger partial charge in [-0.1, -0.05) is 6.42 Å². The van der Waals surface area contributed by atoms with E-state index in [2.05, 4.69) is 5.32 Å². The second-order valence-corrected chi connectivity index (χ2v) is 2.78. The Morgan fingerprint density at radius 1 is 1.60 bits per heavy atom. The topological polar surface area (TPSA) is 49.3 Å². The summed E-state index contributed by atoms with van der Waals surface area (Å²) in [6.07, 6.45) is 3.53. The molecule has 2 N–H and O–H groups in total. The molecule has 2 atom stereocenters. The summed E-state index contributed by atoms with van der Waals surface area (Å²) in [5, 5.41) is 11.8. The van der Waals surface area contributed by atoms with E-state index in [1.54, 1.807) is 0 Å². The summed E-state index contributed by atoms with van der Waals surface area (Å²) in [7, 11) is 0. The van der Waals surface area contributed by atoms with Gasteiger partial charge in [-0.25, -0.2) is 0 Å². The molecule has 1 aliphatic rings. The molecule has 1 fully saturated rings. The molecule has 0 radical (unpaired) electrons. The van der Waals surface area contributed by atoms with E-state index in [0.717, 1.165) is 19.3 Å². The molecular formula is C7H13NO2. The first-order chi connectivity index (χ1) is 4.84. The van der Waals surface area contributed by atoms with Crippen LogP contribution in [0.3, 0.4) is 0 Å². The van der Waals surface area contributed by atoms with Crippen molar-refractivity contribution in [3.63, 3.8) is 0 Å². The van der Waals surface area contributed by atoms with Crippen molar-refractivity contribution in [1.29, 1.82) is 0 Å². The molecule has 1 aliphatic carbocycles. The van der Waals surface area contributed by atoms with Gasteiger partial charge in [-0.05, 0) is 12.8 Å². The second-order valence-electron chi connectivity index (χ2n) is 2.78. The lowest BCUT2D eigenvalue weighted by atomic mass is 10.1. The minimum Gasteiger partial charge on any atom is -0.393 e. The zero-order valence-corrected chi connectivity index (χ0v) is 5.92. The van der Waals surface area contributed by atoms with Crippen molar-refractivity contribution in [3.8, 4) is 0 Å². The molecule has 1 rings (SSSR count). The fourth-order valence-electron chi connectivity index (χ4n) is 1.45. The van der Waals surface area contributed by atoms with Gasteiger partial charge in [0.25, 0.3) is 0 Å². The minimum absolute atomic E-state index is 0.188. The summed E-state index contributed by atoms with van der Waals surface area (Å²) in [6, 6.07) is 0. The van der Waals surface area contributed by atoms with Crippen LogP contribution in [-0.4, -0.2) is 24.2 Å². The van der Waals surface area contributed by atoms with E-state index in [1.165, 1.54) is 0 Å². The van der Waals surface area contributed by atoms with E-state index in [-0.39, 0.29) is 6.10 Å². The Kier molecular flexibility index (Phi) is 2.68. The number of nitrogens with one attached hydrogen (secondary N) is 1. The number of rotatable bonds is 3.